The van der Waals surface area contributed by atoms with Crippen molar-refractivity contribution in [3.63, 3.8) is 0 Å². The Morgan fingerprint density at radius 1 is 1.11 bits per heavy atom. The van der Waals surface area contributed by atoms with E-state index in [4.69, 9.17) is 4.74 Å². The van der Waals surface area contributed by atoms with Crippen molar-refractivity contribution in [2.75, 3.05) is 5.75 Å². The van der Waals surface area contributed by atoms with Crippen molar-refractivity contribution in [2.24, 2.45) is 0 Å². The summed E-state index contributed by atoms with van der Waals surface area (Å²) in [6.07, 6.45) is 5.51. The zero-order valence-corrected chi connectivity index (χ0v) is 15.1. The molecule has 0 bridgehead atoms. The third-order valence-electron chi connectivity index (χ3n) is 4.25. The van der Waals surface area contributed by atoms with Crippen LogP contribution < -0.4 is 4.74 Å². The van der Waals surface area contributed by atoms with Crippen molar-refractivity contribution in [1.82, 2.24) is 9.97 Å². The fraction of sp³-hybridized carbons (Fsp3) is 0.0952. The molecule has 0 saturated heterocycles. The number of hydrogen-bond donors (Lipinski definition) is 1. The Hall–Kier alpha value is -3.12. The van der Waals surface area contributed by atoms with E-state index < -0.39 is 5.97 Å². The Morgan fingerprint density at radius 3 is 2.74 bits per heavy atom. The topological polar surface area (TPSA) is 72.3 Å². The predicted octanol–water partition coefficient (Wildman–Crippen LogP) is 4.29. The average Bonchev–Trinajstić information content (AvgIpc) is 2.86. The molecule has 0 aliphatic carbocycles. The number of nitrogens with zero attached hydrogens (tertiary/aromatic N) is 2. The average molecular weight is 376 g/mol. The molecule has 3 aromatic rings. The highest BCUT2D eigenvalue weighted by molar-refractivity contribution is 7.99. The van der Waals surface area contributed by atoms with Crippen LogP contribution in [-0.4, -0.2) is 26.8 Å². The lowest BCUT2D eigenvalue weighted by Crippen LogP contribution is -1.99. The second-order valence-corrected chi connectivity index (χ2v) is 6.91. The third kappa shape index (κ3) is 3.71. The van der Waals surface area contributed by atoms with E-state index in [0.29, 0.717) is 23.3 Å². The van der Waals surface area contributed by atoms with E-state index in [1.807, 2.05) is 24.3 Å². The number of carboxylic acid groups (broad SMARTS) is 1. The summed E-state index contributed by atoms with van der Waals surface area (Å²) >= 11 is 1.52. The van der Waals surface area contributed by atoms with Crippen LogP contribution in [0.1, 0.15) is 27.0 Å². The number of rotatable bonds is 4. The van der Waals surface area contributed by atoms with Gasteiger partial charge in [0.2, 0.25) is 0 Å². The van der Waals surface area contributed by atoms with Crippen molar-refractivity contribution in [3.05, 3.63) is 89.3 Å². The van der Waals surface area contributed by atoms with Gasteiger partial charge in [-0.3, -0.25) is 0 Å². The van der Waals surface area contributed by atoms with Crippen molar-refractivity contribution in [2.45, 2.75) is 11.8 Å². The Labute approximate surface area is 160 Å². The molecule has 0 radical (unpaired) electrons. The minimum atomic E-state index is -0.957. The van der Waals surface area contributed by atoms with E-state index in [1.54, 1.807) is 36.7 Å². The van der Waals surface area contributed by atoms with E-state index in [0.717, 1.165) is 22.3 Å². The number of benzene rings is 2. The molecule has 6 heteroatoms. The zero-order valence-electron chi connectivity index (χ0n) is 14.3. The maximum atomic E-state index is 11.4. The summed E-state index contributed by atoms with van der Waals surface area (Å²) in [6.45, 7) is 0.446. The number of carboxylic acids is 1. The molecule has 2 heterocycles. The second kappa shape index (κ2) is 7.63. The third-order valence-corrected chi connectivity index (χ3v) is 5.05. The van der Waals surface area contributed by atoms with Crippen molar-refractivity contribution in [1.29, 1.82) is 0 Å². The quantitative estimate of drug-likeness (QED) is 0.541. The maximum Gasteiger partial charge on any atom is 0.335 e. The Balaban J connectivity index is 1.77. The monoisotopic (exact) mass is 376 g/mol. The van der Waals surface area contributed by atoms with E-state index in [2.05, 4.69) is 16.0 Å². The molecule has 134 valence electrons. The first-order valence-corrected chi connectivity index (χ1v) is 9.40. The van der Waals surface area contributed by atoms with Crippen molar-refractivity contribution < 1.29 is 14.6 Å². The van der Waals surface area contributed by atoms with Gasteiger partial charge in [0.25, 0.3) is 0 Å². The minimum Gasteiger partial charge on any atom is -0.488 e. The van der Waals surface area contributed by atoms with Crippen LogP contribution >= 0.6 is 11.8 Å². The molecule has 0 atom stereocenters. The highest BCUT2D eigenvalue weighted by Crippen LogP contribution is 2.37. The van der Waals surface area contributed by atoms with Gasteiger partial charge in [-0.15, -0.1) is 0 Å². The fourth-order valence-corrected chi connectivity index (χ4v) is 3.66. The maximum absolute atomic E-state index is 11.4. The first-order chi connectivity index (χ1) is 13.2. The summed E-state index contributed by atoms with van der Waals surface area (Å²) in [4.78, 5) is 19.9. The Bertz CT molecular complexity index is 1020. The van der Waals surface area contributed by atoms with Crippen LogP contribution in [0.2, 0.25) is 0 Å². The number of fused-ring (bicyclic) bond motifs is 2. The van der Waals surface area contributed by atoms with Gasteiger partial charge in [-0.2, -0.15) is 0 Å². The molecule has 4 rings (SSSR count). The normalized spacial score (nSPS) is 14.0. The summed E-state index contributed by atoms with van der Waals surface area (Å²) in [6, 6.07) is 14.8. The van der Waals surface area contributed by atoms with Crippen LogP contribution in [0.25, 0.3) is 5.57 Å². The number of aromatic nitrogens is 2. The van der Waals surface area contributed by atoms with E-state index in [-0.39, 0.29) is 5.56 Å². The molecule has 1 aliphatic heterocycles. The van der Waals surface area contributed by atoms with Gasteiger partial charge in [0.15, 0.2) is 5.16 Å². The molecule has 5 nitrogen and oxygen atoms in total. The molecule has 0 unspecified atom stereocenters. The summed E-state index contributed by atoms with van der Waals surface area (Å²) in [5, 5.41) is 10.1. The van der Waals surface area contributed by atoms with Crippen molar-refractivity contribution in [3.8, 4) is 5.75 Å². The summed E-state index contributed by atoms with van der Waals surface area (Å²) < 4.78 is 5.94. The lowest BCUT2D eigenvalue weighted by Gasteiger charge is -2.11. The molecule has 1 N–H and O–H groups in total. The summed E-state index contributed by atoms with van der Waals surface area (Å²) in [5.74, 6) is 0.384. The van der Waals surface area contributed by atoms with Crippen LogP contribution in [0.5, 0.6) is 5.75 Å². The second-order valence-electron chi connectivity index (χ2n) is 5.92. The molecule has 2 aromatic carbocycles. The lowest BCUT2D eigenvalue weighted by atomic mass is 9.93. The van der Waals surface area contributed by atoms with Gasteiger partial charge in [-0.05, 0) is 41.0 Å². The van der Waals surface area contributed by atoms with E-state index in [9.17, 15) is 9.90 Å². The van der Waals surface area contributed by atoms with Crippen LogP contribution in [0, 0.1) is 0 Å². The largest absolute Gasteiger partial charge is 0.488 e. The van der Waals surface area contributed by atoms with Gasteiger partial charge in [0.05, 0.1) is 5.56 Å². The van der Waals surface area contributed by atoms with Crippen LogP contribution in [0.4, 0.5) is 0 Å². The molecule has 1 aliphatic rings. The predicted molar refractivity (Wildman–Crippen MR) is 104 cm³/mol. The number of thioether (sulfide) groups is 1. The van der Waals surface area contributed by atoms with Gasteiger partial charge in [-0.25, -0.2) is 14.8 Å². The highest BCUT2D eigenvalue weighted by atomic mass is 32.2. The molecular weight excluding hydrogens is 360 g/mol. The Kier molecular flexibility index (Phi) is 4.89. The molecule has 1 aromatic heterocycles. The first-order valence-electron chi connectivity index (χ1n) is 8.41. The summed E-state index contributed by atoms with van der Waals surface area (Å²) in [7, 11) is 0. The number of ether oxygens (including phenoxy) is 1. The minimum absolute atomic E-state index is 0.238. The SMILES string of the molecule is O=C(O)c1ccc2c(c1)/C(=C/CSc1ncccn1)c1ccccc1CO2. The molecule has 0 fully saturated rings. The van der Waals surface area contributed by atoms with Crippen molar-refractivity contribution >= 4 is 23.3 Å². The van der Waals surface area contributed by atoms with Gasteiger partial charge < -0.3 is 9.84 Å². The van der Waals surface area contributed by atoms with E-state index >= 15 is 0 Å². The highest BCUT2D eigenvalue weighted by Gasteiger charge is 2.20. The van der Waals surface area contributed by atoms with Gasteiger partial charge in [0.1, 0.15) is 12.4 Å². The zero-order chi connectivity index (χ0) is 18.6. The van der Waals surface area contributed by atoms with Crippen LogP contribution in [0.3, 0.4) is 0 Å². The molecule has 0 saturated carbocycles. The molecular formula is C21H16N2O3S. The van der Waals surface area contributed by atoms with Crippen LogP contribution in [-0.2, 0) is 6.61 Å². The van der Waals surface area contributed by atoms with Gasteiger partial charge in [-0.1, -0.05) is 42.1 Å². The summed E-state index contributed by atoms with van der Waals surface area (Å²) in [5.41, 5.74) is 4.10. The van der Waals surface area contributed by atoms with Gasteiger partial charge >= 0.3 is 5.97 Å². The standard InChI is InChI=1S/C21H16N2O3S/c24-20(25)14-6-7-19-18(12-14)17(8-11-27-21-22-9-3-10-23-21)16-5-2-1-4-15(16)13-26-19/h1-10,12H,11,13H2,(H,24,25)/b17-8+. The number of carbonyl (C=O) groups is 1. The Morgan fingerprint density at radius 2 is 1.93 bits per heavy atom. The number of hydrogen-bond acceptors (Lipinski definition) is 5. The molecule has 27 heavy (non-hydrogen) atoms. The first kappa shape index (κ1) is 17.3. The fourth-order valence-electron chi connectivity index (χ4n) is 2.99. The molecule has 0 amide bonds. The lowest BCUT2D eigenvalue weighted by molar-refractivity contribution is 0.0697. The van der Waals surface area contributed by atoms with E-state index in [1.165, 1.54) is 11.8 Å². The number of aromatic carboxylic acids is 1. The van der Waals surface area contributed by atoms with Crippen LogP contribution in [0.15, 0.2) is 72.2 Å². The molecule has 0 spiro atoms. The van der Waals surface area contributed by atoms with Gasteiger partial charge in [0, 0.05) is 23.7 Å². The smallest absolute Gasteiger partial charge is 0.335 e.